The van der Waals surface area contributed by atoms with Gasteiger partial charge in [0.2, 0.25) is 0 Å². The third kappa shape index (κ3) is 24.5. The maximum atomic E-state index is 8.24. The van der Waals surface area contributed by atoms with E-state index in [-0.39, 0.29) is 0 Å². The van der Waals surface area contributed by atoms with Gasteiger partial charge in [0.05, 0.1) is 0 Å². The minimum Gasteiger partial charge on any atom is -0.724 e. The smallest absolute Gasteiger partial charge is 0.0159 e. The molecule has 0 aliphatic carbocycles. The average molecular weight is 212 g/mol. The van der Waals surface area contributed by atoms with Crippen LogP contribution in [0.3, 0.4) is 0 Å². The van der Waals surface area contributed by atoms with Crippen LogP contribution in [-0.2, 0) is 9.59 Å². The molecule has 4 nitrogen and oxygen atoms in total. The molecular formula is C11H20N2O2-2. The van der Waals surface area contributed by atoms with Crippen LogP contribution in [0.1, 0.15) is 47.5 Å². The summed E-state index contributed by atoms with van der Waals surface area (Å²) in [7, 11) is 0. The topological polar surface area (TPSA) is 78.7 Å². The zero-order valence-corrected chi connectivity index (χ0v) is 10.2. The van der Waals surface area contributed by atoms with Gasteiger partial charge in [0, 0.05) is 0 Å². The number of carbonyl (C=O) groups excluding carboxylic acids is 2. The molecule has 0 fully saturated rings. The van der Waals surface area contributed by atoms with Gasteiger partial charge in [-0.05, 0) is 23.5 Å². The second kappa shape index (κ2) is 12.8. The lowest BCUT2D eigenvalue weighted by atomic mass is 9.80. The molecular weight excluding hydrogens is 192 g/mol. The van der Waals surface area contributed by atoms with Crippen LogP contribution in [0.2, 0.25) is 0 Å². The molecule has 0 aromatic heterocycles. The summed E-state index contributed by atoms with van der Waals surface area (Å²) in [5.41, 5.74) is 0.510. The molecule has 88 valence electrons. The molecule has 0 rings (SSSR count). The molecule has 0 aromatic carbocycles. The fourth-order valence-corrected chi connectivity index (χ4v) is 0.866. The molecule has 0 aliphatic rings. The Hall–Kier alpha value is -1.24. The standard InChI is InChI=1S/C9H20.2CNO/c1-6-7-8(2)9(3,4)5;2*2-1-3/h8H,6-7H2,1-5H3;;/q;2*-1. The second-order valence-corrected chi connectivity index (χ2v) is 4.24. The summed E-state index contributed by atoms with van der Waals surface area (Å²) >= 11 is 0. The predicted octanol–water partition coefficient (Wildman–Crippen LogP) is 3.25. The molecule has 0 N–H and O–H groups in total. The highest BCUT2D eigenvalue weighted by atomic mass is 16.1. The van der Waals surface area contributed by atoms with Crippen LogP contribution in [0.4, 0.5) is 0 Å². The normalized spacial score (nSPS) is 10.5. The third-order valence-electron chi connectivity index (χ3n) is 2.20. The van der Waals surface area contributed by atoms with Gasteiger partial charge in [-0.2, -0.15) is 0 Å². The Morgan fingerprint density at radius 3 is 1.47 bits per heavy atom. The van der Waals surface area contributed by atoms with E-state index in [1.165, 1.54) is 12.8 Å². The Labute approximate surface area is 92.1 Å². The van der Waals surface area contributed by atoms with Crippen molar-refractivity contribution in [2.45, 2.75) is 47.5 Å². The van der Waals surface area contributed by atoms with Crippen molar-refractivity contribution in [3.63, 3.8) is 0 Å². The first-order chi connectivity index (χ1) is 6.81. The van der Waals surface area contributed by atoms with E-state index < -0.39 is 0 Å². The van der Waals surface area contributed by atoms with Crippen molar-refractivity contribution in [2.24, 2.45) is 11.3 Å². The monoisotopic (exact) mass is 212 g/mol. The lowest BCUT2D eigenvalue weighted by Gasteiger charge is -2.26. The fraction of sp³-hybridized carbons (Fsp3) is 0.818. The minimum absolute atomic E-state index is 0.500. The summed E-state index contributed by atoms with van der Waals surface area (Å²) in [5, 5.41) is 13.5. The van der Waals surface area contributed by atoms with Gasteiger partial charge in [0.1, 0.15) is 0 Å². The van der Waals surface area contributed by atoms with Crippen molar-refractivity contribution >= 4 is 12.2 Å². The van der Waals surface area contributed by atoms with E-state index in [2.05, 4.69) is 34.6 Å². The Morgan fingerprint density at radius 2 is 1.40 bits per heavy atom. The molecule has 0 heterocycles. The molecule has 15 heavy (non-hydrogen) atoms. The van der Waals surface area contributed by atoms with E-state index >= 15 is 0 Å². The van der Waals surface area contributed by atoms with Crippen molar-refractivity contribution < 1.29 is 9.59 Å². The largest absolute Gasteiger partial charge is 0.724 e. The lowest BCUT2D eigenvalue weighted by Crippen LogP contribution is -2.16. The number of isocyanates is 2. The molecule has 0 radical (unpaired) electrons. The summed E-state index contributed by atoms with van der Waals surface area (Å²) in [4.78, 5) is 16.5. The first-order valence-corrected chi connectivity index (χ1v) is 4.84. The molecule has 0 spiro atoms. The fourth-order valence-electron chi connectivity index (χ4n) is 0.866. The number of hydrogen-bond donors (Lipinski definition) is 0. The minimum atomic E-state index is 0.500. The van der Waals surface area contributed by atoms with E-state index in [0.717, 1.165) is 5.92 Å². The van der Waals surface area contributed by atoms with Crippen LogP contribution >= 0.6 is 0 Å². The van der Waals surface area contributed by atoms with Gasteiger partial charge in [-0.15, -0.1) is 0 Å². The first kappa shape index (κ1) is 19.4. The van der Waals surface area contributed by atoms with Crippen molar-refractivity contribution in [3.8, 4) is 0 Å². The van der Waals surface area contributed by atoms with Crippen LogP contribution in [0, 0.1) is 11.3 Å². The predicted molar refractivity (Wildman–Crippen MR) is 61.6 cm³/mol. The van der Waals surface area contributed by atoms with Gasteiger partial charge in [-0.25, -0.2) is 0 Å². The van der Waals surface area contributed by atoms with Crippen LogP contribution < -0.4 is 0 Å². The van der Waals surface area contributed by atoms with Gasteiger partial charge in [-0.1, -0.05) is 47.5 Å². The molecule has 0 saturated carbocycles. The highest BCUT2D eigenvalue weighted by Gasteiger charge is 2.18. The second-order valence-electron chi connectivity index (χ2n) is 4.24. The first-order valence-electron chi connectivity index (χ1n) is 4.84. The Bertz CT molecular complexity index is 183. The average Bonchev–Trinajstić information content (AvgIpc) is 2.05. The molecule has 0 aliphatic heterocycles. The van der Waals surface area contributed by atoms with E-state index in [1.54, 1.807) is 0 Å². The van der Waals surface area contributed by atoms with E-state index in [0.29, 0.717) is 17.6 Å². The van der Waals surface area contributed by atoms with Crippen LogP contribution in [0.15, 0.2) is 0 Å². The number of rotatable bonds is 2. The molecule has 1 atom stereocenters. The van der Waals surface area contributed by atoms with Crippen molar-refractivity contribution in [3.05, 3.63) is 10.8 Å². The highest BCUT2D eigenvalue weighted by Crippen LogP contribution is 2.28. The zero-order valence-electron chi connectivity index (χ0n) is 10.2. The van der Waals surface area contributed by atoms with E-state index in [9.17, 15) is 0 Å². The summed E-state index contributed by atoms with van der Waals surface area (Å²) in [6.45, 7) is 11.5. The van der Waals surface area contributed by atoms with Crippen molar-refractivity contribution in [1.82, 2.24) is 0 Å². The van der Waals surface area contributed by atoms with Crippen LogP contribution in [0.25, 0.3) is 10.8 Å². The maximum absolute atomic E-state index is 8.24. The number of nitrogens with zero attached hydrogens (tertiary/aromatic N) is 2. The lowest BCUT2D eigenvalue weighted by molar-refractivity contribution is 0.245. The van der Waals surface area contributed by atoms with E-state index in [1.807, 2.05) is 0 Å². The van der Waals surface area contributed by atoms with Gasteiger partial charge in [0.25, 0.3) is 0 Å². The molecule has 0 aromatic rings. The van der Waals surface area contributed by atoms with Crippen molar-refractivity contribution in [1.29, 1.82) is 0 Å². The quantitative estimate of drug-likeness (QED) is 0.520. The summed E-state index contributed by atoms with van der Waals surface area (Å²) < 4.78 is 0. The molecule has 0 saturated heterocycles. The Kier molecular flexibility index (Phi) is 16.5. The maximum Gasteiger partial charge on any atom is -0.0159 e. The zero-order chi connectivity index (χ0) is 12.9. The Balaban J connectivity index is -0.000000200. The van der Waals surface area contributed by atoms with E-state index in [4.69, 9.17) is 20.4 Å². The number of hydrogen-bond acceptors (Lipinski definition) is 2. The van der Waals surface area contributed by atoms with Gasteiger partial charge < -0.3 is 10.8 Å². The summed E-state index contributed by atoms with van der Waals surface area (Å²) in [5.74, 6) is 0.863. The van der Waals surface area contributed by atoms with Gasteiger partial charge in [-0.3, -0.25) is 9.59 Å². The van der Waals surface area contributed by atoms with Crippen molar-refractivity contribution in [2.75, 3.05) is 0 Å². The Morgan fingerprint density at radius 1 is 1.13 bits per heavy atom. The summed E-state index contributed by atoms with van der Waals surface area (Å²) in [6.07, 6.45) is 3.68. The third-order valence-corrected chi connectivity index (χ3v) is 2.20. The van der Waals surface area contributed by atoms with Crippen LogP contribution in [0.5, 0.6) is 0 Å². The summed E-state index contributed by atoms with van der Waals surface area (Å²) in [6, 6.07) is 0. The molecule has 1 unspecified atom stereocenters. The highest BCUT2D eigenvalue weighted by molar-refractivity contribution is 5.37. The van der Waals surface area contributed by atoms with Crippen LogP contribution in [-0.4, -0.2) is 12.2 Å². The SMILES string of the molecule is CCCC(C)C(C)(C)C.[N-]=C=O.[N-]=C=O. The molecule has 4 heteroatoms. The van der Waals surface area contributed by atoms with Gasteiger partial charge >= 0.3 is 0 Å². The molecule has 0 amide bonds. The molecule has 0 bridgehead atoms. The van der Waals surface area contributed by atoms with Gasteiger partial charge in [0.15, 0.2) is 0 Å².